The molecule has 1 unspecified atom stereocenters. The van der Waals surface area contributed by atoms with Crippen LogP contribution in [0.1, 0.15) is 34.8 Å². The second kappa shape index (κ2) is 5.17. The monoisotopic (exact) mass is 236 g/mol. The van der Waals surface area contributed by atoms with Crippen molar-refractivity contribution in [3.8, 4) is 0 Å². The van der Waals surface area contributed by atoms with Crippen molar-refractivity contribution in [2.75, 3.05) is 13.2 Å². The van der Waals surface area contributed by atoms with Crippen molar-refractivity contribution in [2.24, 2.45) is 0 Å². The number of aliphatic hydroxyl groups is 1. The van der Waals surface area contributed by atoms with Gasteiger partial charge in [-0.15, -0.1) is 0 Å². The first-order valence-electron chi connectivity index (χ1n) is 6.07. The molecule has 1 atom stereocenters. The second-order valence-corrected chi connectivity index (χ2v) is 4.72. The molecule has 3 nitrogen and oxygen atoms in total. The zero-order valence-electron chi connectivity index (χ0n) is 10.7. The Bertz CT molecular complexity index is 395. The van der Waals surface area contributed by atoms with E-state index in [1.807, 2.05) is 6.92 Å². The van der Waals surface area contributed by atoms with Gasteiger partial charge in [-0.1, -0.05) is 12.1 Å². The number of aliphatic hydroxyl groups excluding tert-OH is 1. The molecule has 17 heavy (non-hydrogen) atoms. The quantitative estimate of drug-likeness (QED) is 0.876. The molecule has 1 heterocycles. The Morgan fingerprint density at radius 2 is 1.71 bits per heavy atom. The molecule has 3 heteroatoms. The highest BCUT2D eigenvalue weighted by Crippen LogP contribution is 2.26. The van der Waals surface area contributed by atoms with E-state index < -0.39 is 6.10 Å². The molecule has 0 radical (unpaired) electrons. The average molecular weight is 236 g/mol. The van der Waals surface area contributed by atoms with Crippen LogP contribution >= 0.6 is 0 Å². The SMILES string of the molecule is Cc1cc(C)c(C(O)CC2OCCO2)cc1C. The van der Waals surface area contributed by atoms with Crippen LogP contribution in [0.4, 0.5) is 0 Å². The molecule has 0 amide bonds. The molecule has 1 fully saturated rings. The molecule has 0 spiro atoms. The van der Waals surface area contributed by atoms with E-state index in [1.54, 1.807) is 0 Å². The lowest BCUT2D eigenvalue weighted by Gasteiger charge is -2.18. The molecule has 1 aromatic carbocycles. The zero-order chi connectivity index (χ0) is 12.4. The molecular weight excluding hydrogens is 216 g/mol. The van der Waals surface area contributed by atoms with Gasteiger partial charge in [0, 0.05) is 6.42 Å². The first kappa shape index (κ1) is 12.6. The average Bonchev–Trinajstić information content (AvgIpc) is 2.76. The summed E-state index contributed by atoms with van der Waals surface area (Å²) in [6, 6.07) is 4.18. The molecule has 1 N–H and O–H groups in total. The van der Waals surface area contributed by atoms with Gasteiger partial charge in [0.2, 0.25) is 0 Å². The van der Waals surface area contributed by atoms with E-state index in [1.165, 1.54) is 11.1 Å². The van der Waals surface area contributed by atoms with E-state index in [0.29, 0.717) is 19.6 Å². The lowest BCUT2D eigenvalue weighted by molar-refractivity contribution is -0.0708. The van der Waals surface area contributed by atoms with Gasteiger partial charge >= 0.3 is 0 Å². The molecule has 1 saturated heterocycles. The molecule has 94 valence electrons. The minimum Gasteiger partial charge on any atom is -0.388 e. The summed E-state index contributed by atoms with van der Waals surface area (Å²) < 4.78 is 10.7. The van der Waals surface area contributed by atoms with Crippen molar-refractivity contribution in [1.82, 2.24) is 0 Å². The summed E-state index contributed by atoms with van der Waals surface area (Å²) in [5.74, 6) is 0. The Hall–Kier alpha value is -0.900. The predicted molar refractivity (Wildman–Crippen MR) is 65.9 cm³/mol. The van der Waals surface area contributed by atoms with Gasteiger partial charge in [0.15, 0.2) is 6.29 Å². The Balaban J connectivity index is 2.12. The minimum absolute atomic E-state index is 0.258. The Morgan fingerprint density at radius 3 is 2.35 bits per heavy atom. The maximum Gasteiger partial charge on any atom is 0.160 e. The fraction of sp³-hybridized carbons (Fsp3) is 0.571. The Kier molecular flexibility index (Phi) is 3.82. The van der Waals surface area contributed by atoms with E-state index in [-0.39, 0.29) is 6.29 Å². The van der Waals surface area contributed by atoms with Gasteiger partial charge in [-0.2, -0.15) is 0 Å². The van der Waals surface area contributed by atoms with Crippen LogP contribution in [0.5, 0.6) is 0 Å². The van der Waals surface area contributed by atoms with E-state index in [9.17, 15) is 5.11 Å². The molecule has 2 rings (SSSR count). The van der Waals surface area contributed by atoms with Crippen LogP contribution < -0.4 is 0 Å². The van der Waals surface area contributed by atoms with Gasteiger partial charge in [-0.25, -0.2) is 0 Å². The van der Waals surface area contributed by atoms with Crippen molar-refractivity contribution in [3.63, 3.8) is 0 Å². The first-order chi connectivity index (χ1) is 8.08. The van der Waals surface area contributed by atoms with E-state index in [4.69, 9.17) is 9.47 Å². The largest absolute Gasteiger partial charge is 0.388 e. The highest BCUT2D eigenvalue weighted by molar-refractivity contribution is 5.37. The summed E-state index contributed by atoms with van der Waals surface area (Å²) in [4.78, 5) is 0. The summed E-state index contributed by atoms with van der Waals surface area (Å²) in [5, 5.41) is 10.2. The molecule has 0 aliphatic carbocycles. The van der Waals surface area contributed by atoms with Crippen LogP contribution in [0.15, 0.2) is 12.1 Å². The first-order valence-corrected chi connectivity index (χ1v) is 6.07. The summed E-state index contributed by atoms with van der Waals surface area (Å²) in [6.07, 6.45) is -0.271. The summed E-state index contributed by atoms with van der Waals surface area (Å²) >= 11 is 0. The number of benzene rings is 1. The lowest BCUT2D eigenvalue weighted by Crippen LogP contribution is -2.14. The molecule has 0 bridgehead atoms. The summed E-state index contributed by atoms with van der Waals surface area (Å²) in [7, 11) is 0. The van der Waals surface area contributed by atoms with Crippen LogP contribution in [-0.2, 0) is 9.47 Å². The number of ether oxygens (including phenoxy) is 2. The number of rotatable bonds is 3. The van der Waals surface area contributed by atoms with Gasteiger partial charge in [0.05, 0.1) is 19.3 Å². The molecule has 0 aromatic heterocycles. The Labute approximate surface area is 102 Å². The van der Waals surface area contributed by atoms with Gasteiger partial charge in [-0.05, 0) is 43.0 Å². The zero-order valence-corrected chi connectivity index (χ0v) is 10.7. The van der Waals surface area contributed by atoms with E-state index in [0.717, 1.165) is 11.1 Å². The maximum atomic E-state index is 10.2. The van der Waals surface area contributed by atoms with Gasteiger partial charge in [0.1, 0.15) is 0 Å². The lowest BCUT2D eigenvalue weighted by atomic mass is 9.96. The number of hydrogen-bond donors (Lipinski definition) is 1. The van der Waals surface area contributed by atoms with Crippen molar-refractivity contribution in [2.45, 2.75) is 39.6 Å². The minimum atomic E-state index is -0.516. The fourth-order valence-corrected chi connectivity index (χ4v) is 2.19. The van der Waals surface area contributed by atoms with E-state index in [2.05, 4.69) is 26.0 Å². The third kappa shape index (κ3) is 2.86. The summed E-state index contributed by atoms with van der Waals surface area (Å²) in [5.41, 5.74) is 4.57. The topological polar surface area (TPSA) is 38.7 Å². The summed E-state index contributed by atoms with van der Waals surface area (Å²) in [6.45, 7) is 7.43. The Morgan fingerprint density at radius 1 is 1.12 bits per heavy atom. The normalized spacial score (nSPS) is 18.6. The molecular formula is C14H20O3. The highest BCUT2D eigenvalue weighted by Gasteiger charge is 2.22. The van der Waals surface area contributed by atoms with Crippen molar-refractivity contribution >= 4 is 0 Å². The van der Waals surface area contributed by atoms with Crippen molar-refractivity contribution in [1.29, 1.82) is 0 Å². The molecule has 1 aliphatic rings. The van der Waals surface area contributed by atoms with Crippen LogP contribution in [-0.4, -0.2) is 24.6 Å². The van der Waals surface area contributed by atoms with Crippen molar-refractivity contribution in [3.05, 3.63) is 34.4 Å². The predicted octanol–water partition coefficient (Wildman–Crippen LogP) is 2.41. The van der Waals surface area contributed by atoms with Crippen LogP contribution in [0, 0.1) is 20.8 Å². The van der Waals surface area contributed by atoms with Crippen molar-refractivity contribution < 1.29 is 14.6 Å². The third-order valence-electron chi connectivity index (χ3n) is 3.35. The van der Waals surface area contributed by atoms with Gasteiger partial charge in [0.25, 0.3) is 0 Å². The van der Waals surface area contributed by atoms with Crippen LogP contribution in [0.25, 0.3) is 0 Å². The molecule has 1 aromatic rings. The van der Waals surface area contributed by atoms with Gasteiger partial charge in [-0.3, -0.25) is 0 Å². The third-order valence-corrected chi connectivity index (χ3v) is 3.35. The van der Waals surface area contributed by atoms with Gasteiger partial charge < -0.3 is 14.6 Å². The fourth-order valence-electron chi connectivity index (χ4n) is 2.19. The second-order valence-electron chi connectivity index (χ2n) is 4.72. The molecule has 0 saturated carbocycles. The van der Waals surface area contributed by atoms with Crippen LogP contribution in [0.3, 0.4) is 0 Å². The standard InChI is InChI=1S/C14H20O3/c1-9-6-11(3)12(7-10(9)2)13(15)8-14-16-4-5-17-14/h6-7,13-15H,4-5,8H2,1-3H3. The maximum absolute atomic E-state index is 10.2. The highest BCUT2D eigenvalue weighted by atomic mass is 16.7. The number of hydrogen-bond acceptors (Lipinski definition) is 3. The number of aryl methyl sites for hydroxylation is 3. The van der Waals surface area contributed by atoms with Crippen LogP contribution in [0.2, 0.25) is 0 Å². The molecule has 1 aliphatic heterocycles. The smallest absolute Gasteiger partial charge is 0.160 e. The van der Waals surface area contributed by atoms with E-state index >= 15 is 0 Å².